The fraction of sp³-hybridized carbons (Fsp3) is 0.538. The third-order valence-electron chi connectivity index (χ3n) is 2.51. The van der Waals surface area contributed by atoms with E-state index in [9.17, 15) is 0 Å². The molecule has 114 valence electrons. The van der Waals surface area contributed by atoms with Crippen LogP contribution in [-0.4, -0.2) is 50.6 Å². The van der Waals surface area contributed by atoms with Crippen molar-refractivity contribution in [2.24, 2.45) is 0 Å². The summed E-state index contributed by atoms with van der Waals surface area (Å²) in [6.45, 7) is 7.64. The van der Waals surface area contributed by atoms with Crippen molar-refractivity contribution >= 4 is 5.95 Å². The molecule has 2 rings (SSSR count). The summed E-state index contributed by atoms with van der Waals surface area (Å²) >= 11 is 0. The Balaban J connectivity index is 2.19. The van der Waals surface area contributed by atoms with Crippen molar-refractivity contribution in [1.82, 2.24) is 24.7 Å². The van der Waals surface area contributed by atoms with Gasteiger partial charge in [0, 0.05) is 25.5 Å². The molecule has 0 spiro atoms. The number of hydrogen-bond acceptors (Lipinski definition) is 7. The molecule has 8 heteroatoms. The van der Waals surface area contributed by atoms with Crippen molar-refractivity contribution in [3.63, 3.8) is 0 Å². The molecule has 1 N–H and O–H groups in total. The second-order valence-electron chi connectivity index (χ2n) is 4.31. The lowest BCUT2D eigenvalue weighted by Gasteiger charge is -2.14. The second kappa shape index (κ2) is 7.53. The van der Waals surface area contributed by atoms with E-state index >= 15 is 0 Å². The maximum absolute atomic E-state index is 5.67. The Morgan fingerprint density at radius 1 is 1.29 bits per heavy atom. The highest BCUT2D eigenvalue weighted by Gasteiger charge is 2.12. The van der Waals surface area contributed by atoms with Gasteiger partial charge in [0.15, 0.2) is 0 Å². The SMILES string of the molecule is CCNc1nc(OC(C)COCC)nc(-n2cccn2)n1. The predicted molar refractivity (Wildman–Crippen MR) is 77.7 cm³/mol. The highest BCUT2D eigenvalue weighted by atomic mass is 16.5. The summed E-state index contributed by atoms with van der Waals surface area (Å²) in [7, 11) is 0. The zero-order chi connectivity index (χ0) is 15.1. The normalized spacial score (nSPS) is 12.1. The lowest BCUT2D eigenvalue weighted by Crippen LogP contribution is -2.21. The van der Waals surface area contributed by atoms with Gasteiger partial charge in [-0.3, -0.25) is 0 Å². The molecule has 0 amide bonds. The quantitative estimate of drug-likeness (QED) is 0.784. The van der Waals surface area contributed by atoms with Crippen LogP contribution in [0, 0.1) is 0 Å². The van der Waals surface area contributed by atoms with Gasteiger partial charge in [0.1, 0.15) is 6.10 Å². The minimum absolute atomic E-state index is 0.146. The van der Waals surface area contributed by atoms with E-state index in [1.165, 1.54) is 0 Å². The zero-order valence-electron chi connectivity index (χ0n) is 12.5. The van der Waals surface area contributed by atoms with Gasteiger partial charge < -0.3 is 14.8 Å². The molecule has 0 bridgehead atoms. The van der Waals surface area contributed by atoms with Crippen molar-refractivity contribution in [3.8, 4) is 12.0 Å². The predicted octanol–water partition coefficient (Wildman–Crippen LogP) is 1.29. The van der Waals surface area contributed by atoms with Gasteiger partial charge in [-0.1, -0.05) is 0 Å². The zero-order valence-corrected chi connectivity index (χ0v) is 12.5. The minimum atomic E-state index is -0.146. The lowest BCUT2D eigenvalue weighted by molar-refractivity contribution is 0.0606. The molecule has 1 unspecified atom stereocenters. The van der Waals surface area contributed by atoms with E-state index in [1.54, 1.807) is 23.1 Å². The molecule has 0 aliphatic carbocycles. The summed E-state index contributed by atoms with van der Waals surface area (Å²) in [5.74, 6) is 0.862. The van der Waals surface area contributed by atoms with Gasteiger partial charge in [-0.05, 0) is 26.8 Å². The Bertz CT molecular complexity index is 546. The average molecular weight is 292 g/mol. The van der Waals surface area contributed by atoms with Crippen molar-refractivity contribution in [1.29, 1.82) is 0 Å². The molecule has 0 aromatic carbocycles. The van der Waals surface area contributed by atoms with Crippen LogP contribution >= 0.6 is 0 Å². The van der Waals surface area contributed by atoms with Crippen LogP contribution in [0.15, 0.2) is 18.5 Å². The van der Waals surface area contributed by atoms with Crippen molar-refractivity contribution in [2.75, 3.05) is 25.1 Å². The van der Waals surface area contributed by atoms with Crippen molar-refractivity contribution in [2.45, 2.75) is 26.9 Å². The van der Waals surface area contributed by atoms with Gasteiger partial charge in [-0.25, -0.2) is 4.68 Å². The summed E-state index contributed by atoms with van der Waals surface area (Å²) in [6.07, 6.45) is 3.28. The minimum Gasteiger partial charge on any atom is -0.458 e. The van der Waals surface area contributed by atoms with E-state index in [0.29, 0.717) is 31.7 Å². The molecule has 0 radical (unpaired) electrons. The molecule has 0 saturated carbocycles. The fourth-order valence-electron chi connectivity index (χ4n) is 1.62. The number of anilines is 1. The van der Waals surface area contributed by atoms with Crippen LogP contribution in [0.25, 0.3) is 5.95 Å². The molecule has 0 saturated heterocycles. The highest BCUT2D eigenvalue weighted by Crippen LogP contribution is 2.12. The Morgan fingerprint density at radius 3 is 2.81 bits per heavy atom. The number of nitrogens with zero attached hydrogens (tertiary/aromatic N) is 5. The summed E-state index contributed by atoms with van der Waals surface area (Å²) in [6, 6.07) is 2.05. The lowest BCUT2D eigenvalue weighted by atomic mass is 10.4. The first-order valence-electron chi connectivity index (χ1n) is 6.97. The van der Waals surface area contributed by atoms with Crippen LogP contribution in [-0.2, 0) is 4.74 Å². The summed E-state index contributed by atoms with van der Waals surface area (Å²) in [4.78, 5) is 12.8. The molecule has 21 heavy (non-hydrogen) atoms. The number of hydrogen-bond donors (Lipinski definition) is 1. The summed E-state index contributed by atoms with van der Waals surface area (Å²) in [5.41, 5.74) is 0. The van der Waals surface area contributed by atoms with E-state index < -0.39 is 0 Å². The van der Waals surface area contributed by atoms with Gasteiger partial charge >= 0.3 is 6.01 Å². The third kappa shape index (κ3) is 4.38. The highest BCUT2D eigenvalue weighted by molar-refractivity contribution is 5.29. The van der Waals surface area contributed by atoms with E-state index in [2.05, 4.69) is 25.4 Å². The van der Waals surface area contributed by atoms with Gasteiger partial charge in [0.2, 0.25) is 5.95 Å². The maximum Gasteiger partial charge on any atom is 0.323 e. The largest absolute Gasteiger partial charge is 0.458 e. The molecule has 0 aliphatic rings. The molecule has 8 nitrogen and oxygen atoms in total. The van der Waals surface area contributed by atoms with Crippen LogP contribution in [0.4, 0.5) is 5.95 Å². The van der Waals surface area contributed by atoms with Crippen LogP contribution in [0.1, 0.15) is 20.8 Å². The van der Waals surface area contributed by atoms with E-state index in [1.807, 2.05) is 20.8 Å². The second-order valence-corrected chi connectivity index (χ2v) is 4.31. The summed E-state index contributed by atoms with van der Waals surface area (Å²) < 4.78 is 12.6. The molecule has 2 aromatic rings. The Hall–Kier alpha value is -2.22. The summed E-state index contributed by atoms with van der Waals surface area (Å²) in [5, 5.41) is 7.17. The monoisotopic (exact) mass is 292 g/mol. The number of rotatable bonds is 8. The Kier molecular flexibility index (Phi) is 5.44. The van der Waals surface area contributed by atoms with Gasteiger partial charge in [0.25, 0.3) is 5.95 Å². The molecule has 0 aliphatic heterocycles. The topological polar surface area (TPSA) is 87.0 Å². The number of aromatic nitrogens is 5. The molecule has 1 atom stereocenters. The number of ether oxygens (including phenoxy) is 2. The van der Waals surface area contributed by atoms with Crippen LogP contribution < -0.4 is 10.1 Å². The first-order chi connectivity index (χ1) is 10.2. The Labute approximate surface area is 123 Å². The molecule has 2 aromatic heterocycles. The number of nitrogens with one attached hydrogen (secondary N) is 1. The van der Waals surface area contributed by atoms with Crippen LogP contribution in [0.3, 0.4) is 0 Å². The van der Waals surface area contributed by atoms with Gasteiger partial charge in [-0.2, -0.15) is 20.1 Å². The average Bonchev–Trinajstić information content (AvgIpc) is 2.99. The fourth-order valence-corrected chi connectivity index (χ4v) is 1.62. The van der Waals surface area contributed by atoms with E-state index in [-0.39, 0.29) is 12.1 Å². The smallest absolute Gasteiger partial charge is 0.323 e. The van der Waals surface area contributed by atoms with E-state index in [0.717, 1.165) is 0 Å². The van der Waals surface area contributed by atoms with Crippen LogP contribution in [0.5, 0.6) is 6.01 Å². The standard InChI is InChI=1S/C13H20N6O2/c1-4-14-11-16-12(19-8-6-7-15-19)18-13(17-11)21-10(3)9-20-5-2/h6-8,10H,4-5,9H2,1-3H3,(H,14,16,17,18). The first-order valence-corrected chi connectivity index (χ1v) is 6.97. The van der Waals surface area contributed by atoms with Crippen LogP contribution in [0.2, 0.25) is 0 Å². The van der Waals surface area contributed by atoms with Crippen molar-refractivity contribution in [3.05, 3.63) is 18.5 Å². The Morgan fingerprint density at radius 2 is 2.14 bits per heavy atom. The maximum atomic E-state index is 5.67. The molecular formula is C13H20N6O2. The van der Waals surface area contributed by atoms with Gasteiger partial charge in [-0.15, -0.1) is 0 Å². The first kappa shape index (κ1) is 15.2. The van der Waals surface area contributed by atoms with Gasteiger partial charge in [0.05, 0.1) is 6.61 Å². The third-order valence-corrected chi connectivity index (χ3v) is 2.51. The van der Waals surface area contributed by atoms with E-state index in [4.69, 9.17) is 9.47 Å². The molecule has 0 fully saturated rings. The molecule has 2 heterocycles. The van der Waals surface area contributed by atoms with Crippen molar-refractivity contribution < 1.29 is 9.47 Å². The molecular weight excluding hydrogens is 272 g/mol.